The molecule has 0 unspecified atom stereocenters. The molecule has 4 rings (SSSR count). The number of rotatable bonds is 5. The third kappa shape index (κ3) is 4.96. The van der Waals surface area contributed by atoms with E-state index in [4.69, 9.17) is 9.72 Å². The van der Waals surface area contributed by atoms with E-state index in [9.17, 15) is 13.2 Å². The van der Waals surface area contributed by atoms with Crippen molar-refractivity contribution >= 4 is 21.8 Å². The van der Waals surface area contributed by atoms with Crippen molar-refractivity contribution in [1.29, 1.82) is 0 Å². The van der Waals surface area contributed by atoms with Crippen molar-refractivity contribution in [3.63, 3.8) is 0 Å². The highest BCUT2D eigenvalue weighted by molar-refractivity contribution is 7.90. The van der Waals surface area contributed by atoms with Gasteiger partial charge in [0, 0.05) is 37.3 Å². The van der Waals surface area contributed by atoms with Crippen molar-refractivity contribution in [2.45, 2.75) is 62.7 Å². The molecule has 2 aliphatic heterocycles. The van der Waals surface area contributed by atoms with Gasteiger partial charge >= 0.3 is 6.03 Å². The zero-order valence-corrected chi connectivity index (χ0v) is 20.3. The third-order valence-corrected chi connectivity index (χ3v) is 7.59. The number of benzene rings is 1. The molecule has 9 nitrogen and oxygen atoms in total. The molecule has 10 heteroatoms. The Morgan fingerprint density at radius 3 is 2.52 bits per heavy atom. The van der Waals surface area contributed by atoms with Crippen LogP contribution in [0.2, 0.25) is 0 Å². The topological polar surface area (TPSA) is 114 Å². The Morgan fingerprint density at radius 1 is 1.21 bits per heavy atom. The first kappa shape index (κ1) is 23.4. The zero-order valence-electron chi connectivity index (χ0n) is 19.5. The number of anilines is 1. The first-order valence-electron chi connectivity index (χ1n) is 11.1. The lowest BCUT2D eigenvalue weighted by molar-refractivity contribution is 0.0903. The van der Waals surface area contributed by atoms with Crippen LogP contribution in [0, 0.1) is 0 Å². The van der Waals surface area contributed by atoms with Gasteiger partial charge < -0.3 is 20.3 Å². The number of ether oxygens (including phenoxy) is 1. The molecular weight excluding hydrogens is 442 g/mol. The van der Waals surface area contributed by atoms with E-state index in [1.807, 2.05) is 27.0 Å². The molecule has 1 aromatic heterocycles. The molecule has 1 aromatic carbocycles. The molecular formula is C23H31N5O4S. The van der Waals surface area contributed by atoms with E-state index < -0.39 is 15.4 Å². The van der Waals surface area contributed by atoms with E-state index in [2.05, 4.69) is 15.6 Å². The van der Waals surface area contributed by atoms with Gasteiger partial charge in [-0.3, -0.25) is 0 Å². The van der Waals surface area contributed by atoms with Gasteiger partial charge in [-0.15, -0.1) is 0 Å². The molecule has 2 N–H and O–H groups in total. The molecule has 33 heavy (non-hydrogen) atoms. The Labute approximate surface area is 194 Å². The highest BCUT2D eigenvalue weighted by atomic mass is 32.2. The van der Waals surface area contributed by atoms with Gasteiger partial charge in [0.05, 0.1) is 28.7 Å². The Bertz CT molecular complexity index is 1130. The summed E-state index contributed by atoms with van der Waals surface area (Å²) in [5, 5.41) is 6.41. The fraction of sp³-hybridized carbons (Fsp3) is 0.522. The van der Waals surface area contributed by atoms with E-state index in [1.54, 1.807) is 29.2 Å². The summed E-state index contributed by atoms with van der Waals surface area (Å²) in [5.41, 5.74) is 2.04. The molecule has 2 amide bonds. The van der Waals surface area contributed by atoms with Crippen LogP contribution < -0.4 is 10.6 Å². The number of urea groups is 1. The maximum atomic E-state index is 13.2. The summed E-state index contributed by atoms with van der Waals surface area (Å²) in [6.45, 7) is 7.70. The Kier molecular flexibility index (Phi) is 6.32. The van der Waals surface area contributed by atoms with Gasteiger partial charge in [0.2, 0.25) is 5.95 Å². The van der Waals surface area contributed by atoms with Crippen molar-refractivity contribution in [2.24, 2.45) is 0 Å². The first-order chi connectivity index (χ1) is 15.6. The molecule has 1 saturated heterocycles. The summed E-state index contributed by atoms with van der Waals surface area (Å²) in [4.78, 5) is 24.4. The first-order valence-corrected chi connectivity index (χ1v) is 13.0. The second-order valence-corrected chi connectivity index (χ2v) is 11.3. The van der Waals surface area contributed by atoms with E-state index >= 15 is 0 Å². The summed E-state index contributed by atoms with van der Waals surface area (Å²) in [6.07, 6.45) is 4.82. The SMILES string of the molecule is C[C@@H](NC(=O)N1Cc2nc(NC3CCOCC3)ncc2C1(C)C)c1ccc(S(C)(=O)=O)cc1. The van der Waals surface area contributed by atoms with Crippen LogP contribution in [0.25, 0.3) is 0 Å². The number of aromatic nitrogens is 2. The highest BCUT2D eigenvalue weighted by Gasteiger charge is 2.42. The van der Waals surface area contributed by atoms with Gasteiger partial charge in [-0.25, -0.2) is 23.2 Å². The fourth-order valence-corrected chi connectivity index (χ4v) is 4.94. The Balaban J connectivity index is 1.45. The van der Waals surface area contributed by atoms with Crippen LogP contribution in [-0.4, -0.2) is 54.8 Å². The molecule has 0 saturated carbocycles. The minimum absolute atomic E-state index is 0.211. The van der Waals surface area contributed by atoms with E-state index in [0.29, 0.717) is 18.5 Å². The van der Waals surface area contributed by atoms with Crippen LogP contribution in [-0.2, 0) is 26.7 Å². The summed E-state index contributed by atoms with van der Waals surface area (Å²) >= 11 is 0. The van der Waals surface area contributed by atoms with Crippen molar-refractivity contribution in [3.8, 4) is 0 Å². The van der Waals surface area contributed by atoms with Gasteiger partial charge in [-0.05, 0) is 51.3 Å². The minimum atomic E-state index is -3.26. The average molecular weight is 474 g/mol. The number of amides is 2. The number of carbonyl (C=O) groups excluding carboxylic acids is 1. The molecule has 2 aromatic rings. The average Bonchev–Trinajstić information content (AvgIpc) is 3.04. The fourth-order valence-electron chi connectivity index (χ4n) is 4.31. The van der Waals surface area contributed by atoms with Gasteiger partial charge in [-0.1, -0.05) is 12.1 Å². The molecule has 178 valence electrons. The number of carbonyl (C=O) groups is 1. The van der Waals surface area contributed by atoms with Gasteiger partial charge in [0.1, 0.15) is 0 Å². The lowest BCUT2D eigenvalue weighted by Crippen LogP contribution is -2.46. The van der Waals surface area contributed by atoms with Crippen LogP contribution in [0.4, 0.5) is 10.7 Å². The minimum Gasteiger partial charge on any atom is -0.381 e. The second kappa shape index (κ2) is 8.90. The molecule has 3 heterocycles. The predicted molar refractivity (Wildman–Crippen MR) is 125 cm³/mol. The van der Waals surface area contributed by atoms with Crippen LogP contribution >= 0.6 is 0 Å². The summed E-state index contributed by atoms with van der Waals surface area (Å²) in [5.74, 6) is 0.582. The summed E-state index contributed by atoms with van der Waals surface area (Å²) in [6, 6.07) is 6.37. The molecule has 0 aliphatic carbocycles. The molecule has 0 radical (unpaired) electrons. The number of nitrogens with one attached hydrogen (secondary N) is 2. The maximum Gasteiger partial charge on any atom is 0.318 e. The van der Waals surface area contributed by atoms with Crippen LogP contribution in [0.3, 0.4) is 0 Å². The van der Waals surface area contributed by atoms with Gasteiger partial charge in [0.25, 0.3) is 0 Å². The maximum absolute atomic E-state index is 13.2. The zero-order chi connectivity index (χ0) is 23.8. The quantitative estimate of drug-likeness (QED) is 0.686. The van der Waals surface area contributed by atoms with E-state index in [-0.39, 0.29) is 17.0 Å². The van der Waals surface area contributed by atoms with Crippen molar-refractivity contribution in [1.82, 2.24) is 20.2 Å². The molecule has 0 spiro atoms. The number of hydrogen-bond acceptors (Lipinski definition) is 7. The van der Waals surface area contributed by atoms with E-state index in [1.165, 1.54) is 6.26 Å². The van der Waals surface area contributed by atoms with Gasteiger partial charge in [0.15, 0.2) is 9.84 Å². The van der Waals surface area contributed by atoms with Crippen LogP contribution in [0.5, 0.6) is 0 Å². The molecule has 1 atom stereocenters. The largest absolute Gasteiger partial charge is 0.381 e. The van der Waals surface area contributed by atoms with E-state index in [0.717, 1.165) is 42.9 Å². The standard InChI is InChI=1S/C23H31N5O4S/c1-15(16-5-7-18(8-6-16)33(4,30)31)25-22(29)28-14-20-19(23(28,2)3)13-24-21(27-20)26-17-9-11-32-12-10-17/h5-8,13,15,17H,9-12,14H2,1-4H3,(H,25,29)(H,24,26,27)/t15-/m1/s1. The summed E-state index contributed by atoms with van der Waals surface area (Å²) < 4.78 is 28.8. The van der Waals surface area contributed by atoms with Crippen molar-refractivity contribution < 1.29 is 17.9 Å². The second-order valence-electron chi connectivity index (χ2n) is 9.24. The number of nitrogens with zero attached hydrogens (tertiary/aromatic N) is 3. The van der Waals surface area contributed by atoms with Gasteiger partial charge in [-0.2, -0.15) is 0 Å². The lowest BCUT2D eigenvalue weighted by Gasteiger charge is -2.33. The van der Waals surface area contributed by atoms with Crippen LogP contribution in [0.1, 0.15) is 56.5 Å². The highest BCUT2D eigenvalue weighted by Crippen LogP contribution is 2.38. The van der Waals surface area contributed by atoms with Crippen molar-refractivity contribution in [3.05, 3.63) is 47.3 Å². The molecule has 2 aliphatic rings. The Hall–Kier alpha value is -2.72. The predicted octanol–water partition coefficient (Wildman–Crippen LogP) is 2.99. The van der Waals surface area contributed by atoms with Crippen LogP contribution in [0.15, 0.2) is 35.4 Å². The number of sulfone groups is 1. The molecule has 0 bridgehead atoms. The number of fused-ring (bicyclic) bond motifs is 1. The normalized spacial score (nSPS) is 19.1. The Morgan fingerprint density at radius 2 is 1.88 bits per heavy atom. The number of hydrogen-bond donors (Lipinski definition) is 2. The monoisotopic (exact) mass is 473 g/mol. The third-order valence-electron chi connectivity index (χ3n) is 6.46. The molecule has 1 fully saturated rings. The van der Waals surface area contributed by atoms with Crippen molar-refractivity contribution in [2.75, 3.05) is 24.8 Å². The summed E-state index contributed by atoms with van der Waals surface area (Å²) in [7, 11) is -3.26. The smallest absolute Gasteiger partial charge is 0.318 e. The lowest BCUT2D eigenvalue weighted by atomic mass is 9.97.